The molecule has 15 heteroatoms. The fourth-order valence-corrected chi connectivity index (χ4v) is 7.91. The van der Waals surface area contributed by atoms with Gasteiger partial charge in [-0.05, 0) is 42.9 Å². The molecule has 4 aromatic rings. The van der Waals surface area contributed by atoms with E-state index in [2.05, 4.69) is 30.6 Å². The predicted octanol–water partition coefficient (Wildman–Crippen LogP) is 3.01. The molecule has 1 saturated carbocycles. The van der Waals surface area contributed by atoms with Crippen molar-refractivity contribution in [1.29, 1.82) is 5.26 Å². The summed E-state index contributed by atoms with van der Waals surface area (Å²) in [7, 11) is -0.611. The Morgan fingerprint density at radius 2 is 1.95 bits per heavy atom. The van der Waals surface area contributed by atoms with Crippen LogP contribution in [-0.4, -0.2) is 76.1 Å². The molecule has 13 nitrogen and oxygen atoms in total. The minimum Gasteiger partial charge on any atom is -0.370 e. The Bertz CT molecular complexity index is 1770. The lowest BCUT2D eigenvalue weighted by Gasteiger charge is -2.29. The monoisotopic (exact) mass is 608 g/mol. The minimum absolute atomic E-state index is 0.0944. The second kappa shape index (κ2) is 11.0. The normalized spacial score (nSPS) is 20.8. The van der Waals surface area contributed by atoms with Crippen LogP contribution in [0.25, 0.3) is 11.0 Å². The molecule has 1 aliphatic heterocycles. The number of urea groups is 1. The number of carbonyl (C=O) groups excluding carboxylic acids is 1. The van der Waals surface area contributed by atoms with Gasteiger partial charge in [-0.25, -0.2) is 22.2 Å². The zero-order valence-electron chi connectivity index (χ0n) is 22.8. The zero-order valence-corrected chi connectivity index (χ0v) is 24.4. The number of benzene rings is 1. The number of nitriles is 1. The number of methoxy groups -OCH3 is 1. The third-order valence-electron chi connectivity index (χ3n) is 8.09. The molecule has 4 atom stereocenters. The number of rotatable bonds is 7. The van der Waals surface area contributed by atoms with Crippen molar-refractivity contribution in [3.63, 3.8) is 0 Å². The molecule has 3 aromatic heterocycles. The van der Waals surface area contributed by atoms with Gasteiger partial charge in [0.25, 0.3) is 10.0 Å². The number of pyridine rings is 1. The fraction of sp³-hybridized carbons (Fsp3) is 0.370. The Balaban J connectivity index is 1.18. The van der Waals surface area contributed by atoms with Crippen LogP contribution in [0.15, 0.2) is 53.7 Å². The molecule has 3 unspecified atom stereocenters. The number of ether oxygens (including phenoxy) is 1. The number of hydrogen-bond acceptors (Lipinski definition) is 11. The SMILES string of the molecule is COC(O)c1nsc(NC(=O)N2CC3CC(N(C)c4c(C#N)cnc5c4ccn5S(=O)(=O)c4ccccc4)C[C@@H]3C2)n1. The van der Waals surface area contributed by atoms with Gasteiger partial charge in [0, 0.05) is 62.6 Å². The van der Waals surface area contributed by atoms with Crippen LogP contribution in [0, 0.1) is 23.2 Å². The number of likely N-dealkylation sites (tertiary alicyclic amines) is 1. The van der Waals surface area contributed by atoms with E-state index in [1.165, 1.54) is 31.6 Å². The third kappa shape index (κ3) is 4.86. The summed E-state index contributed by atoms with van der Waals surface area (Å²) in [6.07, 6.45) is 3.28. The maximum absolute atomic E-state index is 13.4. The van der Waals surface area contributed by atoms with Crippen LogP contribution in [0.1, 0.15) is 30.5 Å². The number of aliphatic hydroxyl groups is 1. The molecule has 1 saturated heterocycles. The summed E-state index contributed by atoms with van der Waals surface area (Å²) in [6, 6.07) is 11.9. The molecule has 1 aliphatic carbocycles. The first-order valence-electron chi connectivity index (χ1n) is 13.2. The van der Waals surface area contributed by atoms with E-state index in [1.807, 2.05) is 7.05 Å². The summed E-state index contributed by atoms with van der Waals surface area (Å²) >= 11 is 0.973. The number of amides is 2. The molecule has 2 aliphatic rings. The lowest BCUT2D eigenvalue weighted by Crippen LogP contribution is -2.36. The molecule has 0 radical (unpaired) electrons. The van der Waals surface area contributed by atoms with Gasteiger partial charge in [0.05, 0.1) is 16.1 Å². The average Bonchev–Trinajstić information content (AvgIpc) is 3.79. The van der Waals surface area contributed by atoms with Gasteiger partial charge in [-0.3, -0.25) is 5.32 Å². The van der Waals surface area contributed by atoms with Gasteiger partial charge in [0.15, 0.2) is 5.65 Å². The quantitative estimate of drug-likeness (QED) is 0.298. The Morgan fingerprint density at radius 1 is 1.24 bits per heavy atom. The maximum atomic E-state index is 13.4. The maximum Gasteiger partial charge on any atom is 0.323 e. The highest BCUT2D eigenvalue weighted by Gasteiger charge is 2.44. The number of aromatic nitrogens is 4. The summed E-state index contributed by atoms with van der Waals surface area (Å²) in [5.74, 6) is 0.640. The number of carbonyl (C=O) groups is 1. The highest BCUT2D eigenvalue weighted by atomic mass is 32.2. The Kier molecular flexibility index (Phi) is 7.31. The number of nitrogens with one attached hydrogen (secondary N) is 1. The first kappa shape index (κ1) is 28.0. The summed E-state index contributed by atoms with van der Waals surface area (Å²) < 4.78 is 36.7. The lowest BCUT2D eigenvalue weighted by atomic mass is 10.0. The first-order chi connectivity index (χ1) is 20.2. The van der Waals surface area contributed by atoms with Crippen LogP contribution in [-0.2, 0) is 14.8 Å². The summed E-state index contributed by atoms with van der Waals surface area (Å²) in [5.41, 5.74) is 1.28. The standard InChI is InChI=1S/C27H28N8O5S2/c1-33(19-10-16-14-34(15-17(16)11-19)27(37)31-26-30-23(32-41-26)25(36)40-2)22-18(12-28)13-29-24-21(22)8-9-35(24)42(38,39)20-6-4-3-5-7-20/h3-9,13,16-17,19,25,36H,10-11,14-15H2,1-2H3,(H,30,31,32,37)/t16-,17?,19?,25?/m1/s1. The van der Waals surface area contributed by atoms with Gasteiger partial charge in [-0.2, -0.15) is 14.6 Å². The molecular weight excluding hydrogens is 580 g/mol. The van der Waals surface area contributed by atoms with Crippen molar-refractivity contribution < 1.29 is 23.1 Å². The van der Waals surface area contributed by atoms with Crippen molar-refractivity contribution in [2.75, 3.05) is 37.5 Å². The summed E-state index contributed by atoms with van der Waals surface area (Å²) in [5, 5.41) is 23.3. The van der Waals surface area contributed by atoms with E-state index in [1.54, 1.807) is 29.2 Å². The zero-order chi connectivity index (χ0) is 29.6. The van der Waals surface area contributed by atoms with Crippen molar-refractivity contribution in [3.8, 4) is 6.07 Å². The minimum atomic E-state index is -3.87. The Morgan fingerprint density at radius 3 is 2.62 bits per heavy atom. The topological polar surface area (TPSA) is 167 Å². The Hall–Kier alpha value is -4.10. The van der Waals surface area contributed by atoms with Crippen LogP contribution in [0.2, 0.25) is 0 Å². The molecule has 0 bridgehead atoms. The van der Waals surface area contributed by atoms with Gasteiger partial charge in [-0.15, -0.1) is 0 Å². The molecule has 2 fully saturated rings. The number of nitrogens with zero attached hydrogens (tertiary/aromatic N) is 7. The number of aliphatic hydroxyl groups excluding tert-OH is 1. The van der Waals surface area contributed by atoms with Crippen molar-refractivity contribution >= 4 is 49.4 Å². The highest BCUT2D eigenvalue weighted by Crippen LogP contribution is 2.43. The summed E-state index contributed by atoms with van der Waals surface area (Å²) in [6.45, 7) is 1.16. The van der Waals surface area contributed by atoms with Crippen LogP contribution < -0.4 is 10.2 Å². The largest absolute Gasteiger partial charge is 0.370 e. The predicted molar refractivity (Wildman–Crippen MR) is 154 cm³/mol. The van der Waals surface area contributed by atoms with Gasteiger partial charge in [-0.1, -0.05) is 18.2 Å². The van der Waals surface area contributed by atoms with E-state index in [0.29, 0.717) is 29.7 Å². The highest BCUT2D eigenvalue weighted by molar-refractivity contribution is 7.90. The van der Waals surface area contributed by atoms with Crippen molar-refractivity contribution in [1.82, 2.24) is 23.2 Å². The average molecular weight is 609 g/mol. The lowest BCUT2D eigenvalue weighted by molar-refractivity contribution is -0.0822. The first-order valence-corrected chi connectivity index (χ1v) is 15.5. The van der Waals surface area contributed by atoms with E-state index in [-0.39, 0.29) is 45.4 Å². The van der Waals surface area contributed by atoms with Gasteiger partial charge in [0.2, 0.25) is 17.2 Å². The number of hydrogen-bond donors (Lipinski definition) is 2. The molecule has 6 rings (SSSR count). The van der Waals surface area contributed by atoms with E-state index in [0.717, 1.165) is 28.3 Å². The van der Waals surface area contributed by atoms with E-state index >= 15 is 0 Å². The van der Waals surface area contributed by atoms with E-state index < -0.39 is 16.3 Å². The fourth-order valence-electron chi connectivity index (χ4n) is 6.01. The number of fused-ring (bicyclic) bond motifs is 2. The van der Waals surface area contributed by atoms with E-state index in [4.69, 9.17) is 4.74 Å². The molecule has 218 valence electrons. The van der Waals surface area contributed by atoms with Gasteiger partial charge >= 0.3 is 6.03 Å². The van der Waals surface area contributed by atoms with E-state index in [9.17, 15) is 23.6 Å². The van der Waals surface area contributed by atoms with Gasteiger partial charge < -0.3 is 19.6 Å². The molecule has 0 spiro atoms. The molecular formula is C27H28N8O5S2. The molecule has 42 heavy (non-hydrogen) atoms. The molecule has 4 heterocycles. The number of anilines is 2. The summed E-state index contributed by atoms with van der Waals surface area (Å²) in [4.78, 5) is 25.4. The van der Waals surface area contributed by atoms with Crippen LogP contribution in [0.4, 0.5) is 15.6 Å². The third-order valence-corrected chi connectivity index (χ3v) is 10.4. The van der Waals surface area contributed by atoms with Crippen molar-refractivity contribution in [2.45, 2.75) is 30.1 Å². The Labute approximate surface area is 246 Å². The molecule has 2 N–H and O–H groups in total. The smallest absolute Gasteiger partial charge is 0.323 e. The van der Waals surface area contributed by atoms with Crippen molar-refractivity contribution in [2.24, 2.45) is 11.8 Å². The van der Waals surface area contributed by atoms with Crippen LogP contribution in [0.3, 0.4) is 0 Å². The van der Waals surface area contributed by atoms with Crippen LogP contribution >= 0.6 is 11.5 Å². The second-order valence-electron chi connectivity index (χ2n) is 10.4. The van der Waals surface area contributed by atoms with Crippen LogP contribution in [0.5, 0.6) is 0 Å². The van der Waals surface area contributed by atoms with Crippen molar-refractivity contribution in [3.05, 3.63) is 60.2 Å². The second-order valence-corrected chi connectivity index (χ2v) is 13.0. The van der Waals surface area contributed by atoms with Gasteiger partial charge in [0.1, 0.15) is 6.07 Å². The molecule has 2 amide bonds. The molecule has 1 aromatic carbocycles.